The summed E-state index contributed by atoms with van der Waals surface area (Å²) in [4.78, 5) is 29.1. The van der Waals surface area contributed by atoms with Gasteiger partial charge in [-0.15, -0.1) is 0 Å². The van der Waals surface area contributed by atoms with E-state index in [2.05, 4.69) is 5.16 Å². The highest BCUT2D eigenvalue weighted by Crippen LogP contribution is 2.42. The van der Waals surface area contributed by atoms with E-state index < -0.39 is 5.92 Å². The van der Waals surface area contributed by atoms with Gasteiger partial charge in [0.2, 0.25) is 11.8 Å². The molecule has 27 heavy (non-hydrogen) atoms. The summed E-state index contributed by atoms with van der Waals surface area (Å²) < 4.78 is 10.6. The molecule has 0 aliphatic carbocycles. The van der Waals surface area contributed by atoms with Crippen molar-refractivity contribution in [3.8, 4) is 5.75 Å². The van der Waals surface area contributed by atoms with Crippen molar-refractivity contribution in [2.45, 2.75) is 32.9 Å². The van der Waals surface area contributed by atoms with E-state index in [0.29, 0.717) is 30.3 Å². The second-order valence-corrected chi connectivity index (χ2v) is 6.80. The molecule has 1 saturated heterocycles. The number of rotatable bonds is 6. The van der Waals surface area contributed by atoms with Crippen LogP contribution in [0.3, 0.4) is 0 Å². The summed E-state index contributed by atoms with van der Waals surface area (Å²) in [6, 6.07) is 9.03. The minimum atomic E-state index is -0.466. The van der Waals surface area contributed by atoms with Gasteiger partial charge in [0.1, 0.15) is 17.2 Å². The maximum absolute atomic E-state index is 13.2. The van der Waals surface area contributed by atoms with Gasteiger partial charge >= 0.3 is 0 Å². The van der Waals surface area contributed by atoms with Gasteiger partial charge in [0, 0.05) is 31.6 Å². The highest BCUT2D eigenvalue weighted by atomic mass is 16.5. The summed E-state index contributed by atoms with van der Waals surface area (Å²) in [5.74, 6) is 0.814. The third kappa shape index (κ3) is 3.67. The molecule has 0 unspecified atom stereocenters. The van der Waals surface area contributed by atoms with E-state index in [4.69, 9.17) is 9.26 Å². The first kappa shape index (κ1) is 18.9. The van der Waals surface area contributed by atoms with Crippen LogP contribution in [-0.2, 0) is 16.1 Å². The van der Waals surface area contributed by atoms with Crippen molar-refractivity contribution >= 4 is 11.8 Å². The maximum atomic E-state index is 13.2. The first-order chi connectivity index (χ1) is 13.0. The zero-order chi connectivity index (χ0) is 19.6. The van der Waals surface area contributed by atoms with Gasteiger partial charge in [0.15, 0.2) is 0 Å². The number of nitrogens with zero attached hydrogens (tertiary/aromatic N) is 3. The number of amides is 2. The number of aryl methyl sites for hydroxylation is 1. The van der Waals surface area contributed by atoms with Gasteiger partial charge in [-0.05, 0) is 19.9 Å². The molecular weight excluding hydrogens is 346 g/mol. The maximum Gasteiger partial charge on any atom is 0.228 e. The number of hydrogen-bond acceptors (Lipinski definition) is 5. The quantitative estimate of drug-likeness (QED) is 0.780. The van der Waals surface area contributed by atoms with E-state index in [9.17, 15) is 9.59 Å². The summed E-state index contributed by atoms with van der Waals surface area (Å²) in [6.07, 6.45) is 0.192. The first-order valence-electron chi connectivity index (χ1n) is 9.05. The summed E-state index contributed by atoms with van der Waals surface area (Å²) in [7, 11) is 3.33. The molecule has 2 atom stereocenters. The van der Waals surface area contributed by atoms with Crippen molar-refractivity contribution < 1.29 is 18.8 Å². The molecule has 0 bridgehead atoms. The fraction of sp³-hybridized carbons (Fsp3) is 0.450. The van der Waals surface area contributed by atoms with Crippen LogP contribution in [0.2, 0.25) is 0 Å². The van der Waals surface area contributed by atoms with E-state index in [1.807, 2.05) is 38.1 Å². The van der Waals surface area contributed by atoms with Gasteiger partial charge in [-0.2, -0.15) is 0 Å². The summed E-state index contributed by atoms with van der Waals surface area (Å²) >= 11 is 0. The fourth-order valence-corrected chi connectivity index (χ4v) is 3.78. The summed E-state index contributed by atoms with van der Waals surface area (Å²) in [5.41, 5.74) is 1.55. The van der Waals surface area contributed by atoms with Crippen molar-refractivity contribution in [2.24, 2.45) is 5.92 Å². The van der Waals surface area contributed by atoms with E-state index in [1.165, 1.54) is 0 Å². The Balaban J connectivity index is 1.89. The molecule has 1 aromatic carbocycles. The van der Waals surface area contributed by atoms with Gasteiger partial charge in [0.05, 0.1) is 25.6 Å². The smallest absolute Gasteiger partial charge is 0.228 e. The largest absolute Gasteiger partial charge is 0.496 e. The lowest BCUT2D eigenvalue weighted by molar-refractivity contribution is -0.135. The van der Waals surface area contributed by atoms with Crippen molar-refractivity contribution in [1.82, 2.24) is 15.0 Å². The third-order valence-corrected chi connectivity index (χ3v) is 5.00. The Hall–Kier alpha value is -2.83. The Bertz CT molecular complexity index is 832. The van der Waals surface area contributed by atoms with Crippen LogP contribution in [-0.4, -0.2) is 47.5 Å². The molecule has 1 fully saturated rings. The lowest BCUT2D eigenvalue weighted by Crippen LogP contribution is -2.36. The Labute approximate surface area is 158 Å². The minimum Gasteiger partial charge on any atom is -0.496 e. The normalized spacial score (nSPS) is 19.4. The van der Waals surface area contributed by atoms with Gasteiger partial charge in [-0.3, -0.25) is 9.59 Å². The van der Waals surface area contributed by atoms with Crippen LogP contribution in [0.4, 0.5) is 0 Å². The Morgan fingerprint density at radius 3 is 2.78 bits per heavy atom. The van der Waals surface area contributed by atoms with Gasteiger partial charge < -0.3 is 19.1 Å². The predicted octanol–water partition coefficient (Wildman–Crippen LogP) is 2.56. The zero-order valence-corrected chi connectivity index (χ0v) is 16.1. The molecule has 3 rings (SSSR count). The lowest BCUT2D eigenvalue weighted by Gasteiger charge is -2.30. The molecule has 1 aliphatic rings. The molecule has 7 heteroatoms. The van der Waals surface area contributed by atoms with Gasteiger partial charge in [-0.25, -0.2) is 0 Å². The number of hydrogen-bond donors (Lipinski definition) is 0. The van der Waals surface area contributed by atoms with E-state index >= 15 is 0 Å². The van der Waals surface area contributed by atoms with Gasteiger partial charge in [0.25, 0.3) is 0 Å². The van der Waals surface area contributed by atoms with Crippen LogP contribution >= 0.6 is 0 Å². The summed E-state index contributed by atoms with van der Waals surface area (Å²) in [5, 5.41) is 3.95. The van der Waals surface area contributed by atoms with Crippen LogP contribution in [0, 0.1) is 12.8 Å². The number of benzene rings is 1. The Kier molecular flexibility index (Phi) is 5.48. The number of para-hydroxylation sites is 1. The van der Waals surface area contributed by atoms with Crippen LogP contribution in [0.5, 0.6) is 5.75 Å². The predicted molar refractivity (Wildman–Crippen MR) is 98.9 cm³/mol. The lowest BCUT2D eigenvalue weighted by atomic mass is 9.91. The van der Waals surface area contributed by atoms with Crippen LogP contribution < -0.4 is 4.74 Å². The molecule has 1 aliphatic heterocycles. The average Bonchev–Trinajstić information content (AvgIpc) is 3.23. The Morgan fingerprint density at radius 1 is 1.41 bits per heavy atom. The minimum absolute atomic E-state index is 0.0163. The molecule has 0 saturated carbocycles. The van der Waals surface area contributed by atoms with Crippen molar-refractivity contribution in [2.75, 3.05) is 20.7 Å². The van der Waals surface area contributed by atoms with E-state index in [1.54, 1.807) is 30.0 Å². The fourth-order valence-electron chi connectivity index (χ4n) is 3.78. The topological polar surface area (TPSA) is 75.9 Å². The zero-order valence-electron chi connectivity index (χ0n) is 16.1. The molecule has 0 radical (unpaired) electrons. The standard InChI is InChI=1S/C20H25N3O4/c1-5-23-18(24)11-16(19(23)15-8-6-7-9-17(15)26-4)20(25)22(3)12-14-10-13(2)27-21-14/h6-10,16,19H,5,11-12H2,1-4H3/t16-,19+/m1/s1. The second kappa shape index (κ2) is 7.82. The van der Waals surface area contributed by atoms with Crippen LogP contribution in [0.25, 0.3) is 0 Å². The van der Waals surface area contributed by atoms with Crippen molar-refractivity contribution in [3.05, 3.63) is 47.3 Å². The molecule has 2 heterocycles. The molecule has 1 aromatic heterocycles. The number of carbonyl (C=O) groups excluding carboxylic acids is 2. The van der Waals surface area contributed by atoms with E-state index in [-0.39, 0.29) is 24.3 Å². The number of carbonyl (C=O) groups is 2. The van der Waals surface area contributed by atoms with E-state index in [0.717, 1.165) is 5.56 Å². The number of methoxy groups -OCH3 is 1. The molecule has 0 spiro atoms. The molecule has 2 aromatic rings. The highest BCUT2D eigenvalue weighted by Gasteiger charge is 2.45. The summed E-state index contributed by atoms with van der Waals surface area (Å²) in [6.45, 7) is 4.61. The third-order valence-electron chi connectivity index (χ3n) is 5.00. The number of likely N-dealkylation sites (tertiary alicyclic amines) is 1. The van der Waals surface area contributed by atoms with Crippen molar-refractivity contribution in [1.29, 1.82) is 0 Å². The molecular formula is C20H25N3O4. The SMILES string of the molecule is CCN1C(=O)C[C@@H](C(=O)N(C)Cc2cc(C)on2)[C@@H]1c1ccccc1OC. The van der Waals surface area contributed by atoms with Crippen LogP contribution in [0.15, 0.2) is 34.9 Å². The molecule has 7 nitrogen and oxygen atoms in total. The van der Waals surface area contributed by atoms with Gasteiger partial charge in [-0.1, -0.05) is 23.4 Å². The molecule has 2 amide bonds. The molecule has 0 N–H and O–H groups in total. The molecule has 144 valence electrons. The highest BCUT2D eigenvalue weighted by molar-refractivity contribution is 5.90. The number of aromatic nitrogens is 1. The first-order valence-corrected chi connectivity index (χ1v) is 9.05. The second-order valence-electron chi connectivity index (χ2n) is 6.80. The van der Waals surface area contributed by atoms with Crippen molar-refractivity contribution in [3.63, 3.8) is 0 Å². The Morgan fingerprint density at radius 2 is 2.15 bits per heavy atom. The average molecular weight is 371 g/mol. The number of ether oxygens (including phenoxy) is 1. The monoisotopic (exact) mass is 371 g/mol. The van der Waals surface area contributed by atoms with Crippen LogP contribution in [0.1, 0.15) is 36.4 Å².